The molecule has 0 unspecified atom stereocenters. The van der Waals surface area contributed by atoms with Crippen molar-refractivity contribution < 1.29 is 18.8 Å². The van der Waals surface area contributed by atoms with Crippen LogP contribution in [-0.2, 0) is 22.6 Å². The first-order valence-corrected chi connectivity index (χ1v) is 12.2. The van der Waals surface area contributed by atoms with Gasteiger partial charge >= 0.3 is 0 Å². The number of nitrogens with zero attached hydrogens (tertiary/aromatic N) is 1. The van der Waals surface area contributed by atoms with Crippen molar-refractivity contribution in [1.29, 1.82) is 0 Å². The van der Waals surface area contributed by atoms with Gasteiger partial charge in [0, 0.05) is 30.4 Å². The number of rotatable bonds is 6. The third kappa shape index (κ3) is 4.99. The summed E-state index contributed by atoms with van der Waals surface area (Å²) in [5, 5.41) is 5.83. The summed E-state index contributed by atoms with van der Waals surface area (Å²) in [6, 6.07) is 18.6. The number of anilines is 2. The third-order valence-electron chi connectivity index (χ3n) is 6.97. The highest BCUT2D eigenvalue weighted by atomic mass is 16.3. The minimum Gasteiger partial charge on any atom is -0.459 e. The largest absolute Gasteiger partial charge is 0.459 e. The molecule has 1 saturated carbocycles. The zero-order chi connectivity index (χ0) is 24.2. The molecule has 0 radical (unpaired) electrons. The van der Waals surface area contributed by atoms with Gasteiger partial charge in [-0.2, -0.15) is 0 Å². The summed E-state index contributed by atoms with van der Waals surface area (Å²) < 4.78 is 5.13. The van der Waals surface area contributed by atoms with Crippen LogP contribution in [0.3, 0.4) is 0 Å². The Kier molecular flexibility index (Phi) is 6.66. The summed E-state index contributed by atoms with van der Waals surface area (Å²) in [4.78, 5) is 40.8. The number of benzene rings is 2. The lowest BCUT2D eigenvalue weighted by Crippen LogP contribution is -2.45. The summed E-state index contributed by atoms with van der Waals surface area (Å²) in [6.07, 6.45) is 5.69. The SMILES string of the molecule is O=C(Nc1cccc(CNC(=O)[C@@H]2CCCC[C@H]2C(=O)N2CCc3ccccc32)c1)c1ccco1. The molecule has 0 bridgehead atoms. The van der Waals surface area contributed by atoms with Gasteiger partial charge in [0.1, 0.15) is 0 Å². The van der Waals surface area contributed by atoms with Crippen molar-refractivity contribution in [2.75, 3.05) is 16.8 Å². The van der Waals surface area contributed by atoms with Gasteiger partial charge in [-0.1, -0.05) is 43.2 Å². The van der Waals surface area contributed by atoms with Crippen LogP contribution in [0.1, 0.15) is 47.4 Å². The van der Waals surface area contributed by atoms with Crippen molar-refractivity contribution in [3.8, 4) is 0 Å². The van der Waals surface area contributed by atoms with Crippen molar-refractivity contribution >= 4 is 29.1 Å². The van der Waals surface area contributed by atoms with Crippen molar-refractivity contribution in [2.24, 2.45) is 11.8 Å². The van der Waals surface area contributed by atoms with Gasteiger partial charge in [-0.25, -0.2) is 0 Å². The molecule has 35 heavy (non-hydrogen) atoms. The molecule has 2 aliphatic rings. The molecule has 3 amide bonds. The van der Waals surface area contributed by atoms with Gasteiger partial charge < -0.3 is 20.0 Å². The van der Waals surface area contributed by atoms with Crippen molar-refractivity contribution in [3.63, 3.8) is 0 Å². The molecule has 1 aliphatic carbocycles. The minimum absolute atomic E-state index is 0.0671. The molecule has 2 atom stereocenters. The number of hydrogen-bond acceptors (Lipinski definition) is 4. The molecule has 180 valence electrons. The summed E-state index contributed by atoms with van der Waals surface area (Å²) in [6.45, 7) is 1.01. The van der Waals surface area contributed by atoms with Gasteiger partial charge in [0.15, 0.2) is 5.76 Å². The zero-order valence-electron chi connectivity index (χ0n) is 19.5. The van der Waals surface area contributed by atoms with Crippen LogP contribution in [0.4, 0.5) is 11.4 Å². The molecule has 1 aromatic heterocycles. The molecule has 3 aromatic rings. The maximum Gasteiger partial charge on any atom is 0.291 e. The Bertz CT molecular complexity index is 1220. The van der Waals surface area contributed by atoms with Gasteiger partial charge in [-0.3, -0.25) is 14.4 Å². The fourth-order valence-electron chi connectivity index (χ4n) is 5.19. The first kappa shape index (κ1) is 22.9. The van der Waals surface area contributed by atoms with Crippen molar-refractivity contribution in [3.05, 3.63) is 83.8 Å². The van der Waals surface area contributed by atoms with Gasteiger partial charge in [-0.15, -0.1) is 0 Å². The second-order valence-corrected chi connectivity index (χ2v) is 9.22. The van der Waals surface area contributed by atoms with Crippen molar-refractivity contribution in [1.82, 2.24) is 5.32 Å². The maximum atomic E-state index is 13.5. The van der Waals surface area contributed by atoms with E-state index in [2.05, 4.69) is 16.7 Å². The first-order valence-electron chi connectivity index (χ1n) is 12.2. The van der Waals surface area contributed by atoms with Gasteiger partial charge in [-0.05, 0) is 60.7 Å². The molecular formula is C28H29N3O4. The van der Waals surface area contributed by atoms with Crippen molar-refractivity contribution in [2.45, 2.75) is 38.6 Å². The van der Waals surface area contributed by atoms with E-state index in [1.807, 2.05) is 41.3 Å². The standard InChI is InChI=1S/C28H29N3O4/c32-26(29-18-19-7-5-9-21(17-19)30-27(33)25-13-6-16-35-25)22-10-2-3-11-23(22)28(34)31-15-14-20-8-1-4-12-24(20)31/h1,4-9,12-13,16-17,22-23H,2-3,10-11,14-15,18H2,(H,29,32)(H,30,33)/t22-,23-/m1/s1. The number of amides is 3. The number of para-hydroxylation sites is 1. The second-order valence-electron chi connectivity index (χ2n) is 9.22. The van der Waals surface area contributed by atoms with Crippen LogP contribution in [0.2, 0.25) is 0 Å². The highest BCUT2D eigenvalue weighted by molar-refractivity contribution is 6.02. The number of hydrogen-bond donors (Lipinski definition) is 2. The first-order chi connectivity index (χ1) is 17.1. The molecule has 0 saturated heterocycles. The number of furan rings is 1. The normalized spacial score (nSPS) is 19.1. The average molecular weight is 472 g/mol. The Balaban J connectivity index is 1.22. The highest BCUT2D eigenvalue weighted by Gasteiger charge is 2.39. The van der Waals surface area contributed by atoms with Crippen LogP contribution < -0.4 is 15.5 Å². The summed E-state index contributed by atoms with van der Waals surface area (Å²) in [7, 11) is 0. The number of carbonyl (C=O) groups excluding carboxylic acids is 3. The van der Waals surface area contributed by atoms with Gasteiger partial charge in [0.25, 0.3) is 5.91 Å². The molecule has 1 aliphatic heterocycles. The van der Waals surface area contributed by atoms with Crippen LogP contribution in [0.15, 0.2) is 71.3 Å². The van der Waals surface area contributed by atoms with E-state index in [0.717, 1.165) is 43.4 Å². The average Bonchev–Trinajstić information content (AvgIpc) is 3.58. The Morgan fingerprint density at radius 2 is 1.77 bits per heavy atom. The monoisotopic (exact) mass is 471 g/mol. The minimum atomic E-state index is -0.330. The van der Waals surface area contributed by atoms with E-state index in [1.165, 1.54) is 11.8 Å². The smallest absolute Gasteiger partial charge is 0.291 e. The van der Waals surface area contributed by atoms with Crippen LogP contribution in [0, 0.1) is 11.8 Å². The van der Waals surface area contributed by atoms with Crippen LogP contribution >= 0.6 is 0 Å². The fraction of sp³-hybridized carbons (Fsp3) is 0.321. The molecule has 5 rings (SSSR count). The Hall–Kier alpha value is -3.87. The van der Waals surface area contributed by atoms with E-state index in [1.54, 1.807) is 18.2 Å². The Labute approximate surface area is 204 Å². The molecule has 2 heterocycles. The van der Waals surface area contributed by atoms with Gasteiger partial charge in [0.2, 0.25) is 11.8 Å². The third-order valence-corrected chi connectivity index (χ3v) is 6.97. The molecule has 7 heteroatoms. The zero-order valence-corrected chi connectivity index (χ0v) is 19.5. The Morgan fingerprint density at radius 3 is 2.60 bits per heavy atom. The van der Waals surface area contributed by atoms with E-state index in [4.69, 9.17) is 4.42 Å². The quantitative estimate of drug-likeness (QED) is 0.552. The summed E-state index contributed by atoms with van der Waals surface area (Å²) in [5.41, 5.74) is 3.66. The van der Waals surface area contributed by atoms with Crippen LogP contribution in [0.5, 0.6) is 0 Å². The van der Waals surface area contributed by atoms with E-state index < -0.39 is 0 Å². The lowest BCUT2D eigenvalue weighted by Gasteiger charge is -2.32. The number of carbonyl (C=O) groups is 3. The van der Waals surface area contributed by atoms with E-state index in [-0.39, 0.29) is 35.3 Å². The maximum absolute atomic E-state index is 13.5. The predicted octanol–water partition coefficient (Wildman–Crippen LogP) is 4.54. The predicted molar refractivity (Wildman–Crippen MR) is 133 cm³/mol. The highest BCUT2D eigenvalue weighted by Crippen LogP contribution is 2.36. The molecule has 1 fully saturated rings. The molecular weight excluding hydrogens is 442 g/mol. The summed E-state index contributed by atoms with van der Waals surface area (Å²) in [5.74, 6) is -0.738. The lowest BCUT2D eigenvalue weighted by molar-refractivity contribution is -0.135. The van der Waals surface area contributed by atoms with Crippen LogP contribution in [0.25, 0.3) is 0 Å². The summed E-state index contributed by atoms with van der Waals surface area (Å²) >= 11 is 0. The lowest BCUT2D eigenvalue weighted by atomic mass is 9.77. The molecule has 0 spiro atoms. The van der Waals surface area contributed by atoms with Crippen LogP contribution in [-0.4, -0.2) is 24.3 Å². The topological polar surface area (TPSA) is 91.7 Å². The Morgan fingerprint density at radius 1 is 0.943 bits per heavy atom. The second kappa shape index (κ2) is 10.2. The molecule has 2 aromatic carbocycles. The van der Waals surface area contributed by atoms with E-state index >= 15 is 0 Å². The van der Waals surface area contributed by atoms with Gasteiger partial charge in [0.05, 0.1) is 12.2 Å². The number of fused-ring (bicyclic) bond motifs is 1. The fourth-order valence-corrected chi connectivity index (χ4v) is 5.19. The van der Waals surface area contributed by atoms with E-state index in [9.17, 15) is 14.4 Å². The molecule has 7 nitrogen and oxygen atoms in total. The van der Waals surface area contributed by atoms with E-state index in [0.29, 0.717) is 18.8 Å². The molecule has 2 N–H and O–H groups in total. The number of nitrogens with one attached hydrogen (secondary N) is 2.